The molecule has 100 valence electrons. The highest BCUT2D eigenvalue weighted by Gasteiger charge is 2.12. The SMILES string of the molecule is Fc1cc(Cl)cc(-n2c(-c3ccccn3)n[nH]c2=S)c1. The van der Waals surface area contributed by atoms with Gasteiger partial charge in [-0.3, -0.25) is 14.6 Å². The van der Waals surface area contributed by atoms with Crippen LogP contribution in [0.1, 0.15) is 0 Å². The van der Waals surface area contributed by atoms with E-state index >= 15 is 0 Å². The van der Waals surface area contributed by atoms with E-state index in [4.69, 9.17) is 23.8 Å². The summed E-state index contributed by atoms with van der Waals surface area (Å²) in [6, 6.07) is 9.61. The summed E-state index contributed by atoms with van der Waals surface area (Å²) in [4.78, 5) is 4.22. The fourth-order valence-electron chi connectivity index (χ4n) is 1.87. The van der Waals surface area contributed by atoms with Crippen LogP contribution in [0.5, 0.6) is 0 Å². The average molecular weight is 307 g/mol. The first kappa shape index (κ1) is 13.0. The average Bonchev–Trinajstić information content (AvgIpc) is 2.80. The predicted octanol–water partition coefficient (Wildman–Crippen LogP) is 3.78. The first-order chi connectivity index (χ1) is 9.65. The standard InChI is InChI=1S/C13H8ClFN4S/c14-8-5-9(15)7-10(6-8)19-12(17-18-13(19)20)11-3-1-2-4-16-11/h1-7H,(H,18,20). The summed E-state index contributed by atoms with van der Waals surface area (Å²) in [5.41, 5.74) is 1.12. The van der Waals surface area contributed by atoms with Crippen LogP contribution >= 0.6 is 23.8 Å². The van der Waals surface area contributed by atoms with Gasteiger partial charge in [-0.05, 0) is 42.5 Å². The van der Waals surface area contributed by atoms with Crippen LogP contribution in [-0.4, -0.2) is 19.7 Å². The van der Waals surface area contributed by atoms with Crippen molar-refractivity contribution in [2.75, 3.05) is 0 Å². The summed E-state index contributed by atoms with van der Waals surface area (Å²) in [6.07, 6.45) is 1.65. The third kappa shape index (κ3) is 2.35. The predicted molar refractivity (Wildman–Crippen MR) is 76.9 cm³/mol. The van der Waals surface area contributed by atoms with Crippen molar-refractivity contribution in [1.82, 2.24) is 19.7 Å². The quantitative estimate of drug-likeness (QED) is 0.733. The number of pyridine rings is 1. The molecule has 1 aromatic carbocycles. The second-order valence-electron chi connectivity index (χ2n) is 4.03. The number of nitrogens with zero attached hydrogens (tertiary/aromatic N) is 3. The lowest BCUT2D eigenvalue weighted by Crippen LogP contribution is -1.99. The van der Waals surface area contributed by atoms with Gasteiger partial charge in [-0.25, -0.2) is 4.39 Å². The van der Waals surface area contributed by atoms with Gasteiger partial charge in [0.2, 0.25) is 0 Å². The first-order valence-electron chi connectivity index (χ1n) is 5.70. The van der Waals surface area contributed by atoms with Crippen LogP contribution < -0.4 is 0 Å². The molecule has 20 heavy (non-hydrogen) atoms. The second kappa shape index (κ2) is 5.15. The number of halogens is 2. The van der Waals surface area contributed by atoms with Crippen molar-refractivity contribution in [3.05, 3.63) is 58.2 Å². The molecule has 2 heterocycles. The first-order valence-corrected chi connectivity index (χ1v) is 6.49. The van der Waals surface area contributed by atoms with Gasteiger partial charge in [0.05, 0.1) is 5.69 Å². The minimum atomic E-state index is -0.442. The number of benzene rings is 1. The van der Waals surface area contributed by atoms with Crippen molar-refractivity contribution in [2.24, 2.45) is 0 Å². The Balaban J connectivity index is 2.24. The second-order valence-corrected chi connectivity index (χ2v) is 4.85. The number of hydrogen-bond acceptors (Lipinski definition) is 3. The van der Waals surface area contributed by atoms with E-state index in [1.165, 1.54) is 12.1 Å². The highest BCUT2D eigenvalue weighted by Crippen LogP contribution is 2.23. The maximum absolute atomic E-state index is 13.5. The number of aromatic amines is 1. The molecule has 0 atom stereocenters. The van der Waals surface area contributed by atoms with Crippen molar-refractivity contribution in [1.29, 1.82) is 0 Å². The number of nitrogens with one attached hydrogen (secondary N) is 1. The lowest BCUT2D eigenvalue weighted by atomic mass is 10.3. The maximum Gasteiger partial charge on any atom is 0.200 e. The Morgan fingerprint density at radius 2 is 2.10 bits per heavy atom. The molecule has 0 radical (unpaired) electrons. The molecule has 0 aliphatic rings. The van der Waals surface area contributed by atoms with Gasteiger partial charge in [-0.15, -0.1) is 0 Å². The van der Waals surface area contributed by atoms with Crippen molar-refractivity contribution in [2.45, 2.75) is 0 Å². The largest absolute Gasteiger partial charge is 0.267 e. The highest BCUT2D eigenvalue weighted by molar-refractivity contribution is 7.71. The van der Waals surface area contributed by atoms with E-state index < -0.39 is 5.82 Å². The van der Waals surface area contributed by atoms with E-state index in [2.05, 4.69) is 15.2 Å². The third-order valence-corrected chi connectivity index (χ3v) is 3.16. The smallest absolute Gasteiger partial charge is 0.200 e. The molecule has 3 rings (SSSR count). The summed E-state index contributed by atoms with van der Waals surface area (Å²) >= 11 is 11.1. The Morgan fingerprint density at radius 1 is 1.25 bits per heavy atom. The summed E-state index contributed by atoms with van der Waals surface area (Å²) in [6.45, 7) is 0. The number of H-pyrrole nitrogens is 1. The summed E-state index contributed by atoms with van der Waals surface area (Å²) in [5, 5.41) is 7.11. The number of rotatable bonds is 2. The normalized spacial score (nSPS) is 10.7. The van der Waals surface area contributed by atoms with Crippen LogP contribution in [0.3, 0.4) is 0 Å². The molecule has 0 aliphatic heterocycles. The van der Waals surface area contributed by atoms with Crippen LogP contribution in [0.25, 0.3) is 17.2 Å². The van der Waals surface area contributed by atoms with Gasteiger partial charge in [-0.2, -0.15) is 5.10 Å². The monoisotopic (exact) mass is 306 g/mol. The van der Waals surface area contributed by atoms with Gasteiger partial charge in [0.1, 0.15) is 11.5 Å². The molecule has 0 saturated carbocycles. The fraction of sp³-hybridized carbons (Fsp3) is 0. The molecule has 4 nitrogen and oxygen atoms in total. The number of hydrogen-bond donors (Lipinski definition) is 1. The minimum absolute atomic E-state index is 0.287. The molecule has 3 aromatic rings. The molecule has 0 saturated heterocycles. The van der Waals surface area contributed by atoms with Crippen molar-refractivity contribution >= 4 is 23.8 Å². The zero-order valence-electron chi connectivity index (χ0n) is 10.0. The van der Waals surface area contributed by atoms with E-state index in [-0.39, 0.29) is 5.02 Å². The van der Waals surface area contributed by atoms with Crippen LogP contribution in [0.2, 0.25) is 5.02 Å². The molecule has 0 amide bonds. The molecule has 0 spiro atoms. The molecular formula is C13H8ClFN4S. The third-order valence-electron chi connectivity index (χ3n) is 2.67. The van der Waals surface area contributed by atoms with Crippen LogP contribution in [0.15, 0.2) is 42.6 Å². The van der Waals surface area contributed by atoms with Crippen LogP contribution in [-0.2, 0) is 0 Å². The Bertz CT molecular complexity index is 792. The lowest BCUT2D eigenvalue weighted by Gasteiger charge is -2.07. The summed E-state index contributed by atoms with van der Waals surface area (Å²) < 4.78 is 15.4. The summed E-state index contributed by atoms with van der Waals surface area (Å²) in [7, 11) is 0. The van der Waals surface area contributed by atoms with Crippen molar-refractivity contribution in [3.8, 4) is 17.2 Å². The molecule has 2 aromatic heterocycles. The Labute approximate surface area is 123 Å². The molecule has 0 unspecified atom stereocenters. The maximum atomic E-state index is 13.5. The van der Waals surface area contributed by atoms with Gasteiger partial charge in [0.15, 0.2) is 10.6 Å². The van der Waals surface area contributed by atoms with E-state index in [1.807, 2.05) is 6.07 Å². The van der Waals surface area contributed by atoms with E-state index in [0.29, 0.717) is 22.0 Å². The van der Waals surface area contributed by atoms with Gasteiger partial charge in [0, 0.05) is 11.2 Å². The van der Waals surface area contributed by atoms with Gasteiger partial charge < -0.3 is 0 Å². The van der Waals surface area contributed by atoms with Crippen LogP contribution in [0, 0.1) is 10.6 Å². The Hall–Kier alpha value is -2.05. The lowest BCUT2D eigenvalue weighted by molar-refractivity contribution is 0.626. The molecule has 0 aliphatic carbocycles. The van der Waals surface area contributed by atoms with Crippen molar-refractivity contribution in [3.63, 3.8) is 0 Å². The van der Waals surface area contributed by atoms with Gasteiger partial charge in [-0.1, -0.05) is 17.7 Å². The molecule has 0 bridgehead atoms. The summed E-state index contributed by atoms with van der Waals surface area (Å²) in [5.74, 6) is 0.0554. The molecule has 0 fully saturated rings. The number of aromatic nitrogens is 4. The van der Waals surface area contributed by atoms with E-state index in [9.17, 15) is 4.39 Å². The van der Waals surface area contributed by atoms with E-state index in [1.54, 1.807) is 29.0 Å². The zero-order valence-corrected chi connectivity index (χ0v) is 11.6. The highest BCUT2D eigenvalue weighted by atomic mass is 35.5. The van der Waals surface area contributed by atoms with Gasteiger partial charge in [0.25, 0.3) is 0 Å². The molecular weight excluding hydrogens is 299 g/mol. The minimum Gasteiger partial charge on any atom is -0.267 e. The van der Waals surface area contributed by atoms with Crippen LogP contribution in [0.4, 0.5) is 4.39 Å². The molecule has 1 N–H and O–H groups in total. The topological polar surface area (TPSA) is 46.5 Å². The Kier molecular flexibility index (Phi) is 3.33. The zero-order chi connectivity index (χ0) is 14.1. The van der Waals surface area contributed by atoms with Gasteiger partial charge >= 0.3 is 0 Å². The Morgan fingerprint density at radius 3 is 2.80 bits per heavy atom. The molecule has 7 heteroatoms. The fourth-order valence-corrected chi connectivity index (χ4v) is 2.33. The van der Waals surface area contributed by atoms with Crippen molar-refractivity contribution < 1.29 is 4.39 Å². The van der Waals surface area contributed by atoms with E-state index in [0.717, 1.165) is 0 Å².